The molecule has 2 amide bonds. The maximum atomic E-state index is 14.0. The van der Waals surface area contributed by atoms with E-state index in [-0.39, 0.29) is 18.6 Å². The summed E-state index contributed by atoms with van der Waals surface area (Å²) in [5.41, 5.74) is 2.23. The van der Waals surface area contributed by atoms with Crippen molar-refractivity contribution in [1.82, 2.24) is 4.90 Å². The zero-order chi connectivity index (χ0) is 25.8. The van der Waals surface area contributed by atoms with Gasteiger partial charge in [0.05, 0.1) is 19.3 Å². The van der Waals surface area contributed by atoms with Crippen molar-refractivity contribution in [2.75, 3.05) is 36.7 Å². The van der Waals surface area contributed by atoms with Crippen LogP contribution in [0.3, 0.4) is 0 Å². The molecule has 37 heavy (non-hydrogen) atoms. The molecular formula is C29H29N3O5. The van der Waals surface area contributed by atoms with Crippen molar-refractivity contribution in [2.24, 2.45) is 0 Å². The van der Waals surface area contributed by atoms with E-state index in [0.717, 1.165) is 11.3 Å². The number of ether oxygens (including phenoxy) is 2. The predicted octanol–water partition coefficient (Wildman–Crippen LogP) is 4.46. The van der Waals surface area contributed by atoms with Gasteiger partial charge in [-0.25, -0.2) is 9.59 Å². The molecule has 8 heteroatoms. The lowest BCUT2D eigenvalue weighted by molar-refractivity contribution is -0.123. The summed E-state index contributed by atoms with van der Waals surface area (Å²) in [4.78, 5) is 44.2. The van der Waals surface area contributed by atoms with E-state index in [1.54, 1.807) is 34.1 Å². The Morgan fingerprint density at radius 2 is 1.46 bits per heavy atom. The number of hydrogen-bond donors (Lipinski definition) is 0. The Labute approximate surface area is 216 Å². The van der Waals surface area contributed by atoms with Crippen LogP contribution in [0.15, 0.2) is 84.9 Å². The molecule has 0 N–H and O–H groups in total. The van der Waals surface area contributed by atoms with Crippen LogP contribution in [0, 0.1) is 0 Å². The van der Waals surface area contributed by atoms with Crippen LogP contribution in [0.1, 0.15) is 28.8 Å². The first-order chi connectivity index (χ1) is 18.0. The molecule has 190 valence electrons. The molecule has 2 fully saturated rings. The lowest BCUT2D eigenvalue weighted by Gasteiger charge is -2.42. The van der Waals surface area contributed by atoms with Gasteiger partial charge in [-0.15, -0.1) is 0 Å². The zero-order valence-corrected chi connectivity index (χ0v) is 20.7. The Hall–Kier alpha value is -4.33. The number of para-hydroxylation sites is 1. The summed E-state index contributed by atoms with van der Waals surface area (Å²) in [6.07, 6.45) is 0.598. The number of anilines is 2. The predicted molar refractivity (Wildman–Crippen MR) is 139 cm³/mol. The van der Waals surface area contributed by atoms with Gasteiger partial charge in [-0.05, 0) is 54.8 Å². The summed E-state index contributed by atoms with van der Waals surface area (Å²) in [7, 11) is 1.34. The molecule has 2 aliphatic heterocycles. The summed E-state index contributed by atoms with van der Waals surface area (Å²) in [5, 5.41) is 0. The van der Waals surface area contributed by atoms with Crippen molar-refractivity contribution in [1.29, 1.82) is 0 Å². The van der Waals surface area contributed by atoms with E-state index in [9.17, 15) is 14.4 Å². The van der Waals surface area contributed by atoms with Crippen LogP contribution in [-0.4, -0.2) is 55.3 Å². The monoisotopic (exact) mass is 499 g/mol. The number of esters is 1. The Balaban J connectivity index is 1.34. The molecular weight excluding hydrogens is 470 g/mol. The van der Waals surface area contributed by atoms with Crippen LogP contribution in [0.2, 0.25) is 0 Å². The molecule has 0 atom stereocenters. The maximum absolute atomic E-state index is 14.0. The van der Waals surface area contributed by atoms with Crippen LogP contribution >= 0.6 is 0 Å². The highest BCUT2D eigenvalue weighted by molar-refractivity contribution is 6.06. The van der Waals surface area contributed by atoms with Crippen LogP contribution in [-0.2, 0) is 20.9 Å². The summed E-state index contributed by atoms with van der Waals surface area (Å²) < 4.78 is 10.3. The largest absolute Gasteiger partial charge is 0.465 e. The number of rotatable bonds is 5. The Morgan fingerprint density at radius 3 is 2.08 bits per heavy atom. The normalized spacial score (nSPS) is 16.7. The summed E-state index contributed by atoms with van der Waals surface area (Å²) >= 11 is 0. The average molecular weight is 500 g/mol. The highest BCUT2D eigenvalue weighted by atomic mass is 16.6. The average Bonchev–Trinajstić information content (AvgIpc) is 3.24. The van der Waals surface area contributed by atoms with E-state index in [1.807, 2.05) is 60.7 Å². The standard InChI is InChI=1S/C29H29N3O5/c1-36-26(33)23-12-14-24(15-13-23)31-21-32(25-10-6-3-7-11-25)29(27(31)34)16-18-30(19-17-29)28(35)37-20-22-8-4-2-5-9-22/h2-15H,16-21H2,1H3. The lowest BCUT2D eigenvalue weighted by atomic mass is 9.85. The Bertz CT molecular complexity index is 1260. The first-order valence-corrected chi connectivity index (χ1v) is 12.3. The van der Waals surface area contributed by atoms with Gasteiger partial charge < -0.3 is 19.3 Å². The van der Waals surface area contributed by atoms with E-state index in [0.29, 0.717) is 43.9 Å². The molecule has 0 aliphatic carbocycles. The molecule has 2 saturated heterocycles. The van der Waals surface area contributed by atoms with Gasteiger partial charge in [0.25, 0.3) is 5.91 Å². The number of methoxy groups -OCH3 is 1. The molecule has 0 radical (unpaired) electrons. The van der Waals surface area contributed by atoms with Crippen molar-refractivity contribution in [2.45, 2.75) is 25.0 Å². The topological polar surface area (TPSA) is 79.4 Å². The molecule has 0 bridgehead atoms. The molecule has 2 aliphatic rings. The fourth-order valence-electron chi connectivity index (χ4n) is 5.09. The number of benzene rings is 3. The fourth-order valence-corrected chi connectivity index (χ4v) is 5.09. The highest BCUT2D eigenvalue weighted by Crippen LogP contribution is 2.41. The van der Waals surface area contributed by atoms with Crippen molar-refractivity contribution in [3.63, 3.8) is 0 Å². The highest BCUT2D eigenvalue weighted by Gasteiger charge is 2.54. The summed E-state index contributed by atoms with van der Waals surface area (Å²) in [6, 6.07) is 26.3. The minimum atomic E-state index is -0.779. The maximum Gasteiger partial charge on any atom is 0.410 e. The minimum absolute atomic E-state index is 0.0144. The molecule has 3 aromatic rings. The number of carbonyl (C=O) groups is 3. The first-order valence-electron chi connectivity index (χ1n) is 12.3. The van der Waals surface area contributed by atoms with Crippen LogP contribution in [0.4, 0.5) is 16.2 Å². The fraction of sp³-hybridized carbons (Fsp3) is 0.276. The minimum Gasteiger partial charge on any atom is -0.465 e. The van der Waals surface area contributed by atoms with Gasteiger partial charge in [-0.3, -0.25) is 9.69 Å². The molecule has 0 aromatic heterocycles. The van der Waals surface area contributed by atoms with Crippen LogP contribution in [0.5, 0.6) is 0 Å². The van der Waals surface area contributed by atoms with Gasteiger partial charge >= 0.3 is 12.1 Å². The van der Waals surface area contributed by atoms with Crippen molar-refractivity contribution < 1.29 is 23.9 Å². The van der Waals surface area contributed by atoms with Gasteiger partial charge in [-0.1, -0.05) is 48.5 Å². The van der Waals surface area contributed by atoms with Crippen molar-refractivity contribution >= 4 is 29.3 Å². The third-order valence-electron chi connectivity index (χ3n) is 7.16. The number of likely N-dealkylation sites (tertiary alicyclic amines) is 1. The van der Waals surface area contributed by atoms with Gasteiger partial charge in [0.2, 0.25) is 0 Å². The molecule has 3 aromatic carbocycles. The van der Waals surface area contributed by atoms with E-state index in [4.69, 9.17) is 9.47 Å². The van der Waals surface area contributed by atoms with Gasteiger partial charge in [0.1, 0.15) is 12.1 Å². The van der Waals surface area contributed by atoms with Gasteiger partial charge in [0, 0.05) is 24.5 Å². The third-order valence-corrected chi connectivity index (χ3v) is 7.16. The van der Waals surface area contributed by atoms with Crippen molar-refractivity contribution in [3.8, 4) is 0 Å². The first kappa shape index (κ1) is 24.4. The van der Waals surface area contributed by atoms with E-state index >= 15 is 0 Å². The smallest absolute Gasteiger partial charge is 0.410 e. The zero-order valence-electron chi connectivity index (χ0n) is 20.7. The van der Waals surface area contributed by atoms with Crippen LogP contribution in [0.25, 0.3) is 0 Å². The second-order valence-corrected chi connectivity index (χ2v) is 9.24. The molecule has 2 heterocycles. The number of piperidine rings is 1. The number of amides is 2. The summed E-state index contributed by atoms with van der Waals surface area (Å²) in [5.74, 6) is -0.437. The lowest BCUT2D eigenvalue weighted by Crippen LogP contribution is -2.57. The second-order valence-electron chi connectivity index (χ2n) is 9.24. The van der Waals surface area contributed by atoms with Crippen molar-refractivity contribution in [3.05, 3.63) is 96.1 Å². The molecule has 0 saturated carbocycles. The summed E-state index contributed by atoms with van der Waals surface area (Å²) in [6.45, 7) is 1.42. The quantitative estimate of drug-likeness (QED) is 0.483. The molecule has 5 rings (SSSR count). The third kappa shape index (κ3) is 4.74. The van der Waals surface area contributed by atoms with Gasteiger partial charge in [-0.2, -0.15) is 0 Å². The SMILES string of the molecule is COC(=O)c1ccc(N2CN(c3ccccc3)C3(CCN(C(=O)OCc4ccccc4)CC3)C2=O)cc1. The Morgan fingerprint density at radius 1 is 0.838 bits per heavy atom. The number of carbonyl (C=O) groups excluding carboxylic acids is 3. The number of nitrogens with zero attached hydrogens (tertiary/aromatic N) is 3. The Kier molecular flexibility index (Phi) is 6.81. The van der Waals surface area contributed by atoms with E-state index < -0.39 is 11.5 Å². The van der Waals surface area contributed by atoms with E-state index in [2.05, 4.69) is 4.90 Å². The molecule has 8 nitrogen and oxygen atoms in total. The van der Waals surface area contributed by atoms with Gasteiger partial charge in [0.15, 0.2) is 0 Å². The molecule has 1 spiro atoms. The number of hydrogen-bond acceptors (Lipinski definition) is 6. The second kappa shape index (κ2) is 10.3. The van der Waals surface area contributed by atoms with E-state index in [1.165, 1.54) is 7.11 Å². The molecule has 0 unspecified atom stereocenters. The van der Waals surface area contributed by atoms with Crippen LogP contribution < -0.4 is 9.80 Å².